The summed E-state index contributed by atoms with van der Waals surface area (Å²) in [6, 6.07) is 2.41. The fraction of sp³-hybridized carbons (Fsp3) is 0.765. The van der Waals surface area contributed by atoms with Crippen LogP contribution in [-0.4, -0.2) is 15.6 Å². The maximum absolute atomic E-state index is 12.1. The first kappa shape index (κ1) is 15.3. The maximum atomic E-state index is 12.1. The van der Waals surface area contributed by atoms with Crippen molar-refractivity contribution in [1.29, 1.82) is 0 Å². The van der Waals surface area contributed by atoms with Crippen molar-refractivity contribution < 1.29 is 4.79 Å². The molecule has 3 heteroatoms. The third-order valence-corrected chi connectivity index (χ3v) is 4.64. The minimum absolute atomic E-state index is 0.352. The summed E-state index contributed by atoms with van der Waals surface area (Å²) in [5, 5.41) is 4.51. The molecule has 1 aliphatic rings. The lowest BCUT2D eigenvalue weighted by Gasteiger charge is -2.20. The molecule has 0 aliphatic heterocycles. The van der Waals surface area contributed by atoms with Crippen LogP contribution in [0.15, 0.2) is 12.3 Å². The quantitative estimate of drug-likeness (QED) is 0.743. The normalized spacial score (nSPS) is 18.1. The molecule has 1 aromatic heterocycles. The van der Waals surface area contributed by atoms with Gasteiger partial charge in [0.1, 0.15) is 5.78 Å². The van der Waals surface area contributed by atoms with Crippen molar-refractivity contribution in [2.75, 3.05) is 0 Å². The molecule has 1 unspecified atom stereocenters. The van der Waals surface area contributed by atoms with Gasteiger partial charge >= 0.3 is 0 Å². The number of Topliss-reactive ketones (excluding diaryl/α,β-unsaturated/α-hetero) is 1. The number of hydrogen-bond acceptors (Lipinski definition) is 2. The summed E-state index contributed by atoms with van der Waals surface area (Å²) in [4.78, 5) is 12.1. The van der Waals surface area contributed by atoms with E-state index in [4.69, 9.17) is 0 Å². The first-order valence-corrected chi connectivity index (χ1v) is 8.24. The molecule has 1 fully saturated rings. The van der Waals surface area contributed by atoms with Crippen LogP contribution in [0.3, 0.4) is 0 Å². The number of aromatic nitrogens is 2. The van der Waals surface area contributed by atoms with E-state index in [1.165, 1.54) is 32.1 Å². The van der Waals surface area contributed by atoms with E-state index in [0.717, 1.165) is 30.9 Å². The summed E-state index contributed by atoms with van der Waals surface area (Å²) in [6.45, 7) is 4.31. The van der Waals surface area contributed by atoms with Crippen molar-refractivity contribution in [3.63, 3.8) is 0 Å². The third kappa shape index (κ3) is 4.46. The number of hydrogen-bond donors (Lipinski definition) is 0. The zero-order valence-corrected chi connectivity index (χ0v) is 13.0. The molecule has 0 aromatic carbocycles. The Hall–Kier alpha value is -1.12. The van der Waals surface area contributed by atoms with Crippen molar-refractivity contribution in [2.45, 2.75) is 77.7 Å². The first-order valence-electron chi connectivity index (χ1n) is 8.24. The van der Waals surface area contributed by atoms with Gasteiger partial charge in [0, 0.05) is 18.7 Å². The maximum Gasteiger partial charge on any atom is 0.138 e. The highest BCUT2D eigenvalue weighted by Gasteiger charge is 2.15. The SMILES string of the molecule is CCC(C)n1ccc(CC(=O)CCC2CCCCC2)n1. The van der Waals surface area contributed by atoms with Gasteiger partial charge in [-0.2, -0.15) is 5.10 Å². The van der Waals surface area contributed by atoms with Crippen molar-refractivity contribution in [2.24, 2.45) is 5.92 Å². The van der Waals surface area contributed by atoms with Gasteiger partial charge in [-0.15, -0.1) is 0 Å². The van der Waals surface area contributed by atoms with Crippen molar-refractivity contribution in [1.82, 2.24) is 9.78 Å². The summed E-state index contributed by atoms with van der Waals surface area (Å²) >= 11 is 0. The van der Waals surface area contributed by atoms with Crippen molar-refractivity contribution in [3.8, 4) is 0 Å². The highest BCUT2D eigenvalue weighted by Crippen LogP contribution is 2.27. The summed E-state index contributed by atoms with van der Waals surface area (Å²) in [7, 11) is 0. The average molecular weight is 276 g/mol. The first-order chi connectivity index (χ1) is 9.69. The molecule has 3 nitrogen and oxygen atoms in total. The Balaban J connectivity index is 1.74. The summed E-state index contributed by atoms with van der Waals surface area (Å²) in [6.07, 6.45) is 12.2. The third-order valence-electron chi connectivity index (χ3n) is 4.64. The van der Waals surface area contributed by atoms with Gasteiger partial charge in [-0.3, -0.25) is 9.48 Å². The monoisotopic (exact) mass is 276 g/mol. The fourth-order valence-corrected chi connectivity index (χ4v) is 3.04. The molecule has 0 amide bonds. The highest BCUT2D eigenvalue weighted by molar-refractivity contribution is 5.80. The van der Waals surface area contributed by atoms with Crippen molar-refractivity contribution >= 4 is 5.78 Å². The van der Waals surface area contributed by atoms with E-state index >= 15 is 0 Å². The molecule has 1 heterocycles. The van der Waals surface area contributed by atoms with Crippen LogP contribution in [0.2, 0.25) is 0 Å². The van der Waals surface area contributed by atoms with Crippen LogP contribution in [0.5, 0.6) is 0 Å². The van der Waals surface area contributed by atoms with Gasteiger partial charge in [0.05, 0.1) is 12.1 Å². The molecular formula is C17H28N2O. The predicted octanol–water partition coefficient (Wildman–Crippen LogP) is 4.33. The summed E-state index contributed by atoms with van der Waals surface area (Å²) in [5.41, 5.74) is 0.930. The lowest BCUT2D eigenvalue weighted by Crippen LogP contribution is -2.11. The van der Waals surface area contributed by atoms with Crippen LogP contribution in [0.25, 0.3) is 0 Å². The molecule has 2 rings (SSSR count). The topological polar surface area (TPSA) is 34.9 Å². The van der Waals surface area contributed by atoms with Crippen LogP contribution in [0.4, 0.5) is 0 Å². The van der Waals surface area contributed by atoms with E-state index in [2.05, 4.69) is 18.9 Å². The molecular weight excluding hydrogens is 248 g/mol. The highest BCUT2D eigenvalue weighted by atomic mass is 16.1. The number of rotatable bonds is 7. The molecule has 0 radical (unpaired) electrons. The van der Waals surface area contributed by atoms with Gasteiger partial charge < -0.3 is 0 Å². The van der Waals surface area contributed by atoms with Crippen LogP contribution in [0, 0.1) is 5.92 Å². The standard InChI is InChI=1S/C17H28N2O/c1-3-14(2)19-12-11-16(18-19)13-17(20)10-9-15-7-5-4-6-8-15/h11-12,14-15H,3-10,13H2,1-2H3. The molecule has 1 saturated carbocycles. The Morgan fingerprint density at radius 2 is 2.15 bits per heavy atom. The van der Waals surface area contributed by atoms with E-state index in [1.54, 1.807) is 0 Å². The van der Waals surface area contributed by atoms with Gasteiger partial charge in [0.15, 0.2) is 0 Å². The lowest BCUT2D eigenvalue weighted by molar-refractivity contribution is -0.118. The van der Waals surface area contributed by atoms with Gasteiger partial charge in [0.2, 0.25) is 0 Å². The minimum atomic E-state index is 0.352. The van der Waals surface area contributed by atoms with Crippen LogP contribution >= 0.6 is 0 Å². The van der Waals surface area contributed by atoms with Crippen molar-refractivity contribution in [3.05, 3.63) is 18.0 Å². The Morgan fingerprint density at radius 3 is 2.85 bits per heavy atom. The number of nitrogens with zero attached hydrogens (tertiary/aromatic N) is 2. The zero-order chi connectivity index (χ0) is 14.4. The van der Waals surface area contributed by atoms with E-state index in [0.29, 0.717) is 18.2 Å². The molecule has 112 valence electrons. The Kier molecular flexibility index (Phi) is 5.81. The second-order valence-corrected chi connectivity index (χ2v) is 6.30. The lowest BCUT2D eigenvalue weighted by atomic mass is 9.85. The Morgan fingerprint density at radius 1 is 1.40 bits per heavy atom. The van der Waals surface area contributed by atoms with E-state index < -0.39 is 0 Å². The van der Waals surface area contributed by atoms with Crippen LogP contribution in [-0.2, 0) is 11.2 Å². The van der Waals surface area contributed by atoms with E-state index in [1.807, 2.05) is 16.9 Å². The molecule has 0 spiro atoms. The van der Waals surface area contributed by atoms with Gasteiger partial charge in [-0.1, -0.05) is 39.0 Å². The molecule has 1 atom stereocenters. The zero-order valence-electron chi connectivity index (χ0n) is 13.0. The molecule has 0 bridgehead atoms. The summed E-state index contributed by atoms with van der Waals surface area (Å²) in [5.74, 6) is 1.15. The average Bonchev–Trinajstić information content (AvgIpc) is 2.94. The summed E-state index contributed by atoms with van der Waals surface area (Å²) < 4.78 is 1.98. The molecule has 1 aromatic rings. The predicted molar refractivity (Wildman–Crippen MR) is 81.7 cm³/mol. The minimum Gasteiger partial charge on any atom is -0.299 e. The van der Waals surface area contributed by atoms with E-state index in [-0.39, 0.29) is 0 Å². The van der Waals surface area contributed by atoms with Crippen LogP contribution < -0.4 is 0 Å². The number of carbonyl (C=O) groups excluding carboxylic acids is 1. The smallest absolute Gasteiger partial charge is 0.138 e. The fourth-order valence-electron chi connectivity index (χ4n) is 3.04. The van der Waals surface area contributed by atoms with Gasteiger partial charge in [-0.25, -0.2) is 0 Å². The molecule has 20 heavy (non-hydrogen) atoms. The second kappa shape index (κ2) is 7.61. The largest absolute Gasteiger partial charge is 0.299 e. The second-order valence-electron chi connectivity index (χ2n) is 6.30. The van der Waals surface area contributed by atoms with Crippen LogP contribution in [0.1, 0.15) is 76.9 Å². The molecule has 1 aliphatic carbocycles. The Labute approximate surface area is 122 Å². The molecule has 0 saturated heterocycles. The van der Waals surface area contributed by atoms with E-state index in [9.17, 15) is 4.79 Å². The Bertz CT molecular complexity index is 418. The molecule has 0 N–H and O–H groups in total. The number of carbonyl (C=O) groups is 1. The van der Waals surface area contributed by atoms with Gasteiger partial charge in [0.25, 0.3) is 0 Å². The van der Waals surface area contributed by atoms with Gasteiger partial charge in [-0.05, 0) is 31.7 Å². The number of ketones is 1.